The average Bonchev–Trinajstić information content (AvgIpc) is 3.41. The number of hydrogen-bond acceptors (Lipinski definition) is 5. The van der Waals surface area contributed by atoms with Crippen molar-refractivity contribution in [3.05, 3.63) is 18.1 Å². The number of alkyl halides is 1. The summed E-state index contributed by atoms with van der Waals surface area (Å²) in [5.74, 6) is 0.170. The summed E-state index contributed by atoms with van der Waals surface area (Å²) in [6.45, 7) is 1.67. The molecule has 1 aromatic heterocycles. The molecule has 2 aliphatic carbocycles. The van der Waals surface area contributed by atoms with Crippen LogP contribution in [0.15, 0.2) is 12.4 Å². The quantitative estimate of drug-likeness (QED) is 0.898. The number of carbonyl (C=O) groups is 1. The van der Waals surface area contributed by atoms with E-state index in [1.54, 1.807) is 6.20 Å². The molecule has 1 saturated heterocycles. The van der Waals surface area contributed by atoms with Gasteiger partial charge in [0.05, 0.1) is 18.3 Å². The van der Waals surface area contributed by atoms with Crippen LogP contribution in [-0.4, -0.2) is 41.2 Å². The summed E-state index contributed by atoms with van der Waals surface area (Å²) < 4.78 is 13.3. The normalized spacial score (nSPS) is 33.5. The number of hydrogen-bond donors (Lipinski definition) is 1. The van der Waals surface area contributed by atoms with Crippen molar-refractivity contribution in [1.82, 2.24) is 15.3 Å². The van der Waals surface area contributed by atoms with Crippen molar-refractivity contribution in [2.75, 3.05) is 18.0 Å². The van der Waals surface area contributed by atoms with Crippen LogP contribution in [0.3, 0.4) is 0 Å². The molecule has 26 heavy (non-hydrogen) atoms. The monoisotopic (exact) mass is 357 g/mol. The second-order valence-electron chi connectivity index (χ2n) is 7.93. The van der Waals surface area contributed by atoms with Crippen molar-refractivity contribution in [1.29, 1.82) is 5.26 Å². The maximum atomic E-state index is 13.3. The first-order valence-electron chi connectivity index (χ1n) is 9.53. The first-order chi connectivity index (χ1) is 12.6. The summed E-state index contributed by atoms with van der Waals surface area (Å²) in [7, 11) is 0. The van der Waals surface area contributed by atoms with E-state index in [9.17, 15) is 9.18 Å². The predicted molar refractivity (Wildman–Crippen MR) is 94.0 cm³/mol. The Labute approximate surface area is 152 Å². The molecule has 6 nitrogen and oxygen atoms in total. The molecule has 0 aromatic carbocycles. The van der Waals surface area contributed by atoms with E-state index in [0.29, 0.717) is 12.1 Å². The van der Waals surface area contributed by atoms with Gasteiger partial charge in [0.2, 0.25) is 5.91 Å². The third-order valence-corrected chi connectivity index (χ3v) is 6.19. The molecule has 2 saturated carbocycles. The lowest BCUT2D eigenvalue weighted by Gasteiger charge is -2.50. The van der Waals surface area contributed by atoms with Gasteiger partial charge in [-0.15, -0.1) is 0 Å². The van der Waals surface area contributed by atoms with Crippen LogP contribution in [0.4, 0.5) is 10.2 Å². The Bertz CT molecular complexity index is 731. The Morgan fingerprint density at radius 1 is 1.35 bits per heavy atom. The first kappa shape index (κ1) is 17.2. The molecular weight excluding hydrogens is 333 g/mol. The highest BCUT2D eigenvalue weighted by Crippen LogP contribution is 2.45. The van der Waals surface area contributed by atoms with E-state index in [-0.39, 0.29) is 17.4 Å². The zero-order chi connectivity index (χ0) is 18.1. The maximum absolute atomic E-state index is 13.3. The lowest BCUT2D eigenvalue weighted by atomic mass is 9.65. The van der Waals surface area contributed by atoms with E-state index in [0.717, 1.165) is 57.4 Å². The van der Waals surface area contributed by atoms with E-state index in [1.165, 1.54) is 6.20 Å². The van der Waals surface area contributed by atoms with E-state index >= 15 is 0 Å². The van der Waals surface area contributed by atoms with Gasteiger partial charge < -0.3 is 10.2 Å². The lowest BCUT2D eigenvalue weighted by Crippen LogP contribution is -2.57. The fraction of sp³-hybridized carbons (Fsp3) is 0.684. The minimum atomic E-state index is -0.957. The van der Waals surface area contributed by atoms with Gasteiger partial charge in [0.1, 0.15) is 18.1 Å². The second-order valence-corrected chi connectivity index (χ2v) is 7.93. The van der Waals surface area contributed by atoms with E-state index in [4.69, 9.17) is 5.26 Å². The van der Waals surface area contributed by atoms with Gasteiger partial charge in [0, 0.05) is 24.5 Å². The average molecular weight is 357 g/mol. The summed E-state index contributed by atoms with van der Waals surface area (Å²) in [6, 6.07) is 2.13. The molecule has 4 atom stereocenters. The van der Waals surface area contributed by atoms with Gasteiger partial charge >= 0.3 is 0 Å². The molecule has 2 heterocycles. The first-order valence-corrected chi connectivity index (χ1v) is 9.53. The van der Waals surface area contributed by atoms with E-state index in [2.05, 4.69) is 20.2 Å². The third-order valence-electron chi connectivity index (χ3n) is 6.19. The summed E-state index contributed by atoms with van der Waals surface area (Å²) in [4.78, 5) is 23.0. The molecule has 1 N–H and O–H groups in total. The van der Waals surface area contributed by atoms with Crippen LogP contribution in [0.25, 0.3) is 0 Å². The molecule has 3 fully saturated rings. The van der Waals surface area contributed by atoms with Crippen LogP contribution in [0.1, 0.15) is 50.6 Å². The number of anilines is 1. The summed E-state index contributed by atoms with van der Waals surface area (Å²) >= 11 is 0. The lowest BCUT2D eigenvalue weighted by molar-refractivity contribution is -0.125. The SMILES string of the molecule is N#Cc1cncc(N2CCCC3(CCCCC3NC(=O)C3CC3F)C2)n1. The maximum Gasteiger partial charge on any atom is 0.226 e. The van der Waals surface area contributed by atoms with Crippen molar-refractivity contribution in [2.24, 2.45) is 11.3 Å². The fourth-order valence-electron chi connectivity index (χ4n) is 4.65. The van der Waals surface area contributed by atoms with Gasteiger partial charge in [-0.05, 0) is 32.1 Å². The highest BCUT2D eigenvalue weighted by molar-refractivity contribution is 5.82. The number of rotatable bonds is 3. The van der Waals surface area contributed by atoms with Crippen molar-refractivity contribution < 1.29 is 9.18 Å². The highest BCUT2D eigenvalue weighted by Gasteiger charge is 2.48. The van der Waals surface area contributed by atoms with Gasteiger partial charge in [-0.2, -0.15) is 5.26 Å². The molecule has 7 heteroatoms. The van der Waals surface area contributed by atoms with Crippen molar-refractivity contribution in [3.63, 3.8) is 0 Å². The van der Waals surface area contributed by atoms with Gasteiger partial charge in [-0.3, -0.25) is 9.78 Å². The van der Waals surface area contributed by atoms with Gasteiger partial charge in [0.15, 0.2) is 5.69 Å². The zero-order valence-electron chi connectivity index (χ0n) is 14.8. The number of piperidine rings is 1. The topological polar surface area (TPSA) is 81.9 Å². The summed E-state index contributed by atoms with van der Waals surface area (Å²) in [6.07, 6.45) is 8.92. The van der Waals surface area contributed by atoms with Crippen molar-refractivity contribution in [2.45, 2.75) is 57.2 Å². The number of carbonyl (C=O) groups excluding carboxylic acids is 1. The highest BCUT2D eigenvalue weighted by atomic mass is 19.1. The molecule has 4 unspecified atom stereocenters. The van der Waals surface area contributed by atoms with Crippen LogP contribution < -0.4 is 10.2 Å². The standard InChI is InChI=1S/C19H24FN5O/c20-15-8-14(15)18(26)24-16-4-1-2-5-19(16)6-3-7-25(12-19)17-11-22-10-13(9-21)23-17/h10-11,14-16H,1-8,12H2,(H,24,26). The molecule has 4 rings (SSSR count). The molecule has 0 radical (unpaired) electrons. The summed E-state index contributed by atoms with van der Waals surface area (Å²) in [5.41, 5.74) is 0.315. The Balaban J connectivity index is 1.52. The molecule has 1 spiro atoms. The summed E-state index contributed by atoms with van der Waals surface area (Å²) in [5, 5.41) is 12.2. The molecule has 0 bridgehead atoms. The predicted octanol–water partition coefficient (Wildman–Crippen LogP) is 2.35. The molecule has 3 aliphatic rings. The number of amides is 1. The van der Waals surface area contributed by atoms with E-state index < -0.39 is 12.1 Å². The van der Waals surface area contributed by atoms with Crippen LogP contribution >= 0.6 is 0 Å². The Morgan fingerprint density at radius 3 is 2.92 bits per heavy atom. The van der Waals surface area contributed by atoms with Crippen LogP contribution in [-0.2, 0) is 4.79 Å². The van der Waals surface area contributed by atoms with E-state index in [1.807, 2.05) is 6.07 Å². The third kappa shape index (κ3) is 3.25. The number of halogens is 1. The smallest absolute Gasteiger partial charge is 0.226 e. The van der Waals surface area contributed by atoms with Gasteiger partial charge in [-0.1, -0.05) is 12.8 Å². The number of nitrogens with zero attached hydrogens (tertiary/aromatic N) is 4. The number of nitriles is 1. The zero-order valence-corrected chi connectivity index (χ0v) is 14.8. The Kier molecular flexibility index (Phi) is 4.51. The molecule has 138 valence electrons. The van der Waals surface area contributed by atoms with Crippen molar-refractivity contribution >= 4 is 11.7 Å². The van der Waals surface area contributed by atoms with Crippen LogP contribution in [0, 0.1) is 22.7 Å². The molecule has 1 amide bonds. The number of aromatic nitrogens is 2. The molecule has 1 aromatic rings. The fourth-order valence-corrected chi connectivity index (χ4v) is 4.65. The molecular formula is C19H24FN5O. The molecule has 1 aliphatic heterocycles. The number of nitrogens with one attached hydrogen (secondary N) is 1. The van der Waals surface area contributed by atoms with Gasteiger partial charge in [-0.25, -0.2) is 9.37 Å². The van der Waals surface area contributed by atoms with Crippen molar-refractivity contribution in [3.8, 4) is 6.07 Å². The Hall–Kier alpha value is -2.23. The van der Waals surface area contributed by atoms with Crippen LogP contribution in [0.2, 0.25) is 0 Å². The van der Waals surface area contributed by atoms with Crippen LogP contribution in [0.5, 0.6) is 0 Å². The minimum absolute atomic E-state index is 0.00279. The second kappa shape index (κ2) is 6.82. The Morgan fingerprint density at radius 2 is 2.15 bits per heavy atom. The largest absolute Gasteiger partial charge is 0.355 e. The minimum Gasteiger partial charge on any atom is -0.355 e. The van der Waals surface area contributed by atoms with Gasteiger partial charge in [0.25, 0.3) is 0 Å².